The second-order valence-corrected chi connectivity index (χ2v) is 10.7. The summed E-state index contributed by atoms with van der Waals surface area (Å²) >= 11 is 3.61. The van der Waals surface area contributed by atoms with Gasteiger partial charge < -0.3 is 9.80 Å². The van der Waals surface area contributed by atoms with Gasteiger partial charge in [-0.1, -0.05) is 24.3 Å². The lowest BCUT2D eigenvalue weighted by Crippen LogP contribution is -2.32. The number of anilines is 2. The van der Waals surface area contributed by atoms with E-state index in [0.29, 0.717) is 0 Å². The second kappa shape index (κ2) is 10.5. The standard InChI is InChI=1S/C28H32N2S2/c1-3-15-29(16-4-1)27-21-24(12-14-26-10-8-20-32-26)28(30-17-5-2-6-18-30)22-23(27)11-13-25-9-7-19-31-25/h7-14,19-22H,1-6,15-18H2/b13-11+,14-12+. The lowest BCUT2D eigenvalue weighted by Gasteiger charge is -2.34. The Labute approximate surface area is 200 Å². The van der Waals surface area contributed by atoms with Crippen LogP contribution in [0.5, 0.6) is 0 Å². The molecule has 2 saturated heterocycles. The van der Waals surface area contributed by atoms with E-state index in [-0.39, 0.29) is 0 Å². The van der Waals surface area contributed by atoms with Crippen molar-refractivity contribution in [2.75, 3.05) is 36.0 Å². The van der Waals surface area contributed by atoms with Crippen LogP contribution in [0.3, 0.4) is 0 Å². The van der Waals surface area contributed by atoms with Crippen LogP contribution in [0.4, 0.5) is 11.4 Å². The first-order chi connectivity index (χ1) is 15.9. The number of rotatable bonds is 6. The van der Waals surface area contributed by atoms with Crippen molar-refractivity contribution in [2.45, 2.75) is 38.5 Å². The highest BCUT2D eigenvalue weighted by atomic mass is 32.1. The van der Waals surface area contributed by atoms with E-state index >= 15 is 0 Å². The van der Waals surface area contributed by atoms with E-state index in [9.17, 15) is 0 Å². The Bertz CT molecular complexity index is 950. The Morgan fingerprint density at radius 3 is 1.38 bits per heavy atom. The van der Waals surface area contributed by atoms with Crippen LogP contribution >= 0.6 is 22.7 Å². The molecule has 0 spiro atoms. The van der Waals surface area contributed by atoms with Crippen molar-refractivity contribution in [1.82, 2.24) is 0 Å². The van der Waals surface area contributed by atoms with Crippen LogP contribution in [0.25, 0.3) is 24.3 Å². The summed E-state index contributed by atoms with van der Waals surface area (Å²) in [5.74, 6) is 0. The maximum absolute atomic E-state index is 2.61. The minimum atomic E-state index is 1.16. The van der Waals surface area contributed by atoms with Crippen molar-refractivity contribution >= 4 is 58.4 Å². The summed E-state index contributed by atoms with van der Waals surface area (Å²) in [6, 6.07) is 13.6. The maximum Gasteiger partial charge on any atom is 0.0447 e. The minimum absolute atomic E-state index is 1.16. The smallest absolute Gasteiger partial charge is 0.0447 e. The first-order valence-corrected chi connectivity index (χ1v) is 13.7. The monoisotopic (exact) mass is 460 g/mol. The maximum atomic E-state index is 2.61. The molecule has 2 aromatic heterocycles. The zero-order valence-corrected chi connectivity index (χ0v) is 20.3. The molecule has 32 heavy (non-hydrogen) atoms. The van der Waals surface area contributed by atoms with E-state index in [1.807, 2.05) is 0 Å². The van der Waals surface area contributed by atoms with Crippen LogP contribution in [-0.2, 0) is 0 Å². The molecule has 0 radical (unpaired) electrons. The first kappa shape index (κ1) is 21.5. The average Bonchev–Trinajstić information content (AvgIpc) is 3.57. The van der Waals surface area contributed by atoms with E-state index in [0.717, 1.165) is 26.2 Å². The predicted octanol–water partition coefficient (Wildman–Crippen LogP) is 8.13. The van der Waals surface area contributed by atoms with Crippen molar-refractivity contribution in [3.05, 3.63) is 68.0 Å². The number of hydrogen-bond acceptors (Lipinski definition) is 4. The zero-order valence-electron chi connectivity index (χ0n) is 18.7. The zero-order chi connectivity index (χ0) is 21.6. The molecule has 1 aromatic carbocycles. The summed E-state index contributed by atoms with van der Waals surface area (Å²) < 4.78 is 0. The fourth-order valence-electron chi connectivity index (χ4n) is 4.81. The van der Waals surface area contributed by atoms with Gasteiger partial charge in [-0.15, -0.1) is 22.7 Å². The molecular formula is C28H32N2S2. The second-order valence-electron chi connectivity index (χ2n) is 8.76. The van der Waals surface area contributed by atoms with Crippen LogP contribution in [0.1, 0.15) is 59.4 Å². The third-order valence-corrected chi connectivity index (χ3v) is 8.19. The highest BCUT2D eigenvalue weighted by molar-refractivity contribution is 7.11. The van der Waals surface area contributed by atoms with Gasteiger partial charge in [0.1, 0.15) is 0 Å². The molecule has 0 N–H and O–H groups in total. The van der Waals surface area contributed by atoms with E-state index in [4.69, 9.17) is 0 Å². The fraction of sp³-hybridized carbons (Fsp3) is 0.357. The van der Waals surface area contributed by atoms with Crippen LogP contribution in [0.15, 0.2) is 47.2 Å². The number of benzene rings is 1. The Hall–Kier alpha value is -2.30. The van der Waals surface area contributed by atoms with Gasteiger partial charge in [0.2, 0.25) is 0 Å². The topological polar surface area (TPSA) is 6.48 Å². The van der Waals surface area contributed by atoms with Crippen LogP contribution in [0.2, 0.25) is 0 Å². The molecule has 0 unspecified atom stereocenters. The molecule has 4 heteroatoms. The van der Waals surface area contributed by atoms with Gasteiger partial charge in [-0.25, -0.2) is 0 Å². The normalized spacial score (nSPS) is 17.6. The SMILES string of the molecule is C(=C\c1cc(N2CCCCC2)c(/C=C/c2cccs2)cc1N1CCCCC1)/c1cccs1. The Morgan fingerprint density at radius 2 is 1.00 bits per heavy atom. The van der Waals surface area contributed by atoms with Gasteiger partial charge in [0.15, 0.2) is 0 Å². The van der Waals surface area contributed by atoms with E-state index in [1.165, 1.54) is 70.8 Å². The van der Waals surface area contributed by atoms with Crippen molar-refractivity contribution < 1.29 is 0 Å². The Morgan fingerprint density at radius 1 is 0.562 bits per heavy atom. The van der Waals surface area contributed by atoms with Crippen molar-refractivity contribution in [3.63, 3.8) is 0 Å². The predicted molar refractivity (Wildman–Crippen MR) is 145 cm³/mol. The highest BCUT2D eigenvalue weighted by Gasteiger charge is 2.19. The van der Waals surface area contributed by atoms with Crippen molar-refractivity contribution in [2.24, 2.45) is 0 Å². The molecule has 2 nitrogen and oxygen atoms in total. The Balaban J connectivity index is 1.58. The lowest BCUT2D eigenvalue weighted by atomic mass is 9.99. The van der Waals surface area contributed by atoms with Gasteiger partial charge in [-0.05, 0) is 96.8 Å². The largest absolute Gasteiger partial charge is 0.371 e. The average molecular weight is 461 g/mol. The molecule has 0 atom stereocenters. The third-order valence-electron chi connectivity index (χ3n) is 6.51. The summed E-state index contributed by atoms with van der Waals surface area (Å²) in [6.45, 7) is 4.65. The van der Waals surface area contributed by atoms with E-state index in [1.54, 1.807) is 22.7 Å². The molecule has 3 aromatic rings. The van der Waals surface area contributed by atoms with Gasteiger partial charge in [0.25, 0.3) is 0 Å². The molecule has 2 fully saturated rings. The van der Waals surface area contributed by atoms with Crippen molar-refractivity contribution in [1.29, 1.82) is 0 Å². The first-order valence-electron chi connectivity index (χ1n) is 12.0. The van der Waals surface area contributed by atoms with Gasteiger partial charge in [-0.3, -0.25) is 0 Å². The van der Waals surface area contributed by atoms with E-state index < -0.39 is 0 Å². The molecule has 0 aliphatic carbocycles. The molecule has 0 amide bonds. The molecule has 166 valence electrons. The van der Waals surface area contributed by atoms with Gasteiger partial charge in [0.05, 0.1) is 0 Å². The minimum Gasteiger partial charge on any atom is -0.371 e. The van der Waals surface area contributed by atoms with Crippen LogP contribution in [0, 0.1) is 0 Å². The molecule has 2 aliphatic rings. The summed E-state index contributed by atoms with van der Waals surface area (Å²) in [6.07, 6.45) is 17.1. The third kappa shape index (κ3) is 5.19. The molecule has 0 bridgehead atoms. The number of thiophene rings is 2. The molecule has 2 aliphatic heterocycles. The van der Waals surface area contributed by atoms with Gasteiger partial charge in [0, 0.05) is 47.3 Å². The lowest BCUT2D eigenvalue weighted by molar-refractivity contribution is 0.575. The molecule has 4 heterocycles. The Kier molecular flexibility index (Phi) is 7.10. The number of piperidine rings is 2. The van der Waals surface area contributed by atoms with Crippen molar-refractivity contribution in [3.8, 4) is 0 Å². The summed E-state index contributed by atoms with van der Waals surface area (Å²) in [7, 11) is 0. The quantitative estimate of drug-likeness (QED) is 0.366. The number of nitrogens with zero attached hydrogens (tertiary/aromatic N) is 2. The van der Waals surface area contributed by atoms with Gasteiger partial charge >= 0.3 is 0 Å². The summed E-state index contributed by atoms with van der Waals surface area (Å²) in [4.78, 5) is 7.85. The molecule has 0 saturated carbocycles. The van der Waals surface area contributed by atoms with Crippen LogP contribution < -0.4 is 9.80 Å². The molecule has 5 rings (SSSR count). The molecular weight excluding hydrogens is 428 g/mol. The fourth-order valence-corrected chi connectivity index (χ4v) is 6.05. The highest BCUT2D eigenvalue weighted by Crippen LogP contribution is 2.36. The summed E-state index contributed by atoms with van der Waals surface area (Å²) in [5, 5.41) is 4.31. The number of hydrogen-bond donors (Lipinski definition) is 0. The summed E-state index contributed by atoms with van der Waals surface area (Å²) in [5.41, 5.74) is 5.50. The van der Waals surface area contributed by atoms with E-state index in [2.05, 4.69) is 81.3 Å². The van der Waals surface area contributed by atoms with Gasteiger partial charge in [-0.2, -0.15) is 0 Å². The van der Waals surface area contributed by atoms with Crippen LogP contribution in [-0.4, -0.2) is 26.2 Å².